The molecule has 1 amide bonds. The third-order valence-electron chi connectivity index (χ3n) is 2.45. The van der Waals surface area contributed by atoms with Crippen LogP contribution in [0.4, 0.5) is 0 Å². The number of carbonyl (C=O) groups is 1. The lowest BCUT2D eigenvalue weighted by Gasteiger charge is -2.28. The lowest BCUT2D eigenvalue weighted by molar-refractivity contribution is -0.132. The summed E-state index contributed by atoms with van der Waals surface area (Å²) >= 11 is 0. The summed E-state index contributed by atoms with van der Waals surface area (Å²) in [5.74, 6) is -0.397. The summed E-state index contributed by atoms with van der Waals surface area (Å²) < 4.78 is 22.6. The van der Waals surface area contributed by atoms with Crippen LogP contribution in [0.25, 0.3) is 0 Å². The van der Waals surface area contributed by atoms with Crippen molar-refractivity contribution in [2.45, 2.75) is 38.5 Å². The van der Waals surface area contributed by atoms with E-state index < -0.39 is 21.0 Å². The quantitative estimate of drug-likeness (QED) is 0.723. The highest BCUT2D eigenvalue weighted by atomic mass is 32.2. The van der Waals surface area contributed by atoms with Gasteiger partial charge < -0.3 is 10.0 Å². The van der Waals surface area contributed by atoms with Crippen LogP contribution in [0.5, 0.6) is 0 Å². The molecule has 0 saturated heterocycles. The van der Waals surface area contributed by atoms with E-state index in [0.717, 1.165) is 6.26 Å². The number of sulfone groups is 1. The maximum Gasteiger partial charge on any atom is 0.240 e. The number of aliphatic hydroxyl groups excluding tert-OH is 1. The fourth-order valence-electron chi connectivity index (χ4n) is 1.28. The third kappa shape index (κ3) is 4.49. The molecule has 0 aromatic rings. The van der Waals surface area contributed by atoms with E-state index >= 15 is 0 Å². The lowest BCUT2D eigenvalue weighted by atomic mass is 10.2. The van der Waals surface area contributed by atoms with Crippen molar-refractivity contribution >= 4 is 15.7 Å². The molecule has 0 aromatic heterocycles. The van der Waals surface area contributed by atoms with Gasteiger partial charge in [-0.15, -0.1) is 0 Å². The van der Waals surface area contributed by atoms with Crippen molar-refractivity contribution in [3.05, 3.63) is 0 Å². The van der Waals surface area contributed by atoms with Crippen LogP contribution in [-0.4, -0.2) is 55.0 Å². The van der Waals surface area contributed by atoms with Gasteiger partial charge in [0.15, 0.2) is 9.84 Å². The van der Waals surface area contributed by atoms with Gasteiger partial charge in [-0.2, -0.15) is 0 Å². The summed E-state index contributed by atoms with van der Waals surface area (Å²) in [4.78, 5) is 13.4. The Labute approximate surface area is 97.4 Å². The molecule has 0 saturated carbocycles. The summed E-state index contributed by atoms with van der Waals surface area (Å²) in [6.45, 7) is 5.41. The first kappa shape index (κ1) is 15.4. The summed E-state index contributed by atoms with van der Waals surface area (Å²) in [5, 5.41) is 7.70. The van der Waals surface area contributed by atoms with E-state index in [-0.39, 0.29) is 12.6 Å². The van der Waals surface area contributed by atoms with Gasteiger partial charge >= 0.3 is 0 Å². The first-order valence-electron chi connectivity index (χ1n) is 5.32. The fourth-order valence-corrected chi connectivity index (χ4v) is 1.78. The molecule has 16 heavy (non-hydrogen) atoms. The molecule has 0 aliphatic rings. The van der Waals surface area contributed by atoms with Crippen LogP contribution in [0.2, 0.25) is 0 Å². The zero-order chi connectivity index (χ0) is 12.9. The highest BCUT2D eigenvalue weighted by molar-refractivity contribution is 7.92. The number of carbonyl (C=O) groups excluding carboxylic acids is 1. The van der Waals surface area contributed by atoms with Crippen molar-refractivity contribution in [2.24, 2.45) is 0 Å². The van der Waals surface area contributed by atoms with E-state index in [9.17, 15) is 13.2 Å². The molecule has 5 nitrogen and oxygen atoms in total. The SMILES string of the molecule is CC(C)N(CCCO)C(=O)C(C)S(C)(=O)=O. The monoisotopic (exact) mass is 251 g/mol. The molecule has 6 heteroatoms. The summed E-state index contributed by atoms with van der Waals surface area (Å²) in [6, 6.07) is -0.0664. The largest absolute Gasteiger partial charge is 0.396 e. The fraction of sp³-hybridized carbons (Fsp3) is 0.900. The van der Waals surface area contributed by atoms with Crippen LogP contribution < -0.4 is 0 Å². The lowest BCUT2D eigenvalue weighted by Crippen LogP contribution is -2.45. The maximum absolute atomic E-state index is 11.9. The molecule has 1 N–H and O–H groups in total. The van der Waals surface area contributed by atoms with Gasteiger partial charge in [0.05, 0.1) is 0 Å². The van der Waals surface area contributed by atoms with Gasteiger partial charge in [-0.25, -0.2) is 8.42 Å². The Morgan fingerprint density at radius 2 is 1.81 bits per heavy atom. The topological polar surface area (TPSA) is 74.7 Å². The van der Waals surface area contributed by atoms with E-state index in [2.05, 4.69) is 0 Å². The van der Waals surface area contributed by atoms with Crippen LogP contribution in [0.3, 0.4) is 0 Å². The number of rotatable bonds is 6. The number of amides is 1. The molecule has 0 bridgehead atoms. The molecule has 1 unspecified atom stereocenters. The predicted molar refractivity (Wildman–Crippen MR) is 62.9 cm³/mol. The third-order valence-corrected chi connectivity index (χ3v) is 3.94. The molecule has 0 radical (unpaired) electrons. The standard InChI is InChI=1S/C10H21NO4S/c1-8(2)11(6-5-7-12)10(13)9(3)16(4,14)15/h8-9,12H,5-7H2,1-4H3. The van der Waals surface area contributed by atoms with E-state index in [4.69, 9.17) is 5.11 Å². The molecule has 0 aliphatic heterocycles. The van der Waals surface area contributed by atoms with E-state index in [1.165, 1.54) is 11.8 Å². The zero-order valence-electron chi connectivity index (χ0n) is 10.3. The molecular weight excluding hydrogens is 230 g/mol. The Morgan fingerprint density at radius 3 is 2.12 bits per heavy atom. The van der Waals surface area contributed by atoms with Crippen LogP contribution in [-0.2, 0) is 14.6 Å². The highest BCUT2D eigenvalue weighted by Crippen LogP contribution is 2.08. The van der Waals surface area contributed by atoms with Crippen molar-refractivity contribution in [1.29, 1.82) is 0 Å². The van der Waals surface area contributed by atoms with Crippen molar-refractivity contribution in [3.63, 3.8) is 0 Å². The number of hydrogen-bond acceptors (Lipinski definition) is 4. The molecule has 0 fully saturated rings. The smallest absolute Gasteiger partial charge is 0.240 e. The highest BCUT2D eigenvalue weighted by Gasteiger charge is 2.29. The Morgan fingerprint density at radius 1 is 1.31 bits per heavy atom. The van der Waals surface area contributed by atoms with Gasteiger partial charge in [0, 0.05) is 25.4 Å². The second-order valence-corrected chi connectivity index (χ2v) is 6.54. The average molecular weight is 251 g/mol. The minimum Gasteiger partial charge on any atom is -0.396 e. The van der Waals surface area contributed by atoms with Crippen molar-refractivity contribution in [2.75, 3.05) is 19.4 Å². The van der Waals surface area contributed by atoms with Crippen molar-refractivity contribution < 1.29 is 18.3 Å². The predicted octanol–water partition coefficient (Wildman–Crippen LogP) is 0.0389. The maximum atomic E-state index is 11.9. The molecule has 0 aliphatic carbocycles. The van der Waals surface area contributed by atoms with Crippen molar-refractivity contribution in [3.8, 4) is 0 Å². The number of nitrogens with zero attached hydrogens (tertiary/aromatic N) is 1. The van der Waals surface area contributed by atoms with Gasteiger partial charge in [0.25, 0.3) is 0 Å². The molecular formula is C10H21NO4S. The number of aliphatic hydroxyl groups is 1. The zero-order valence-corrected chi connectivity index (χ0v) is 11.1. The minimum absolute atomic E-state index is 0.0102. The molecule has 0 aromatic carbocycles. The summed E-state index contributed by atoms with van der Waals surface area (Å²) in [5.41, 5.74) is 0. The van der Waals surface area contributed by atoms with Gasteiger partial charge in [-0.05, 0) is 27.2 Å². The first-order chi connectivity index (χ1) is 7.21. The minimum atomic E-state index is -3.36. The van der Waals surface area contributed by atoms with Crippen LogP contribution in [0.15, 0.2) is 0 Å². The molecule has 0 heterocycles. The second-order valence-electron chi connectivity index (χ2n) is 4.17. The van der Waals surface area contributed by atoms with E-state index in [0.29, 0.717) is 13.0 Å². The summed E-state index contributed by atoms with van der Waals surface area (Å²) in [7, 11) is -3.36. The number of hydrogen-bond donors (Lipinski definition) is 1. The second kappa shape index (κ2) is 6.20. The molecule has 1 atom stereocenters. The Hall–Kier alpha value is -0.620. The first-order valence-corrected chi connectivity index (χ1v) is 7.27. The van der Waals surface area contributed by atoms with Crippen LogP contribution >= 0.6 is 0 Å². The van der Waals surface area contributed by atoms with Crippen molar-refractivity contribution in [1.82, 2.24) is 4.90 Å². The molecule has 0 spiro atoms. The average Bonchev–Trinajstić information content (AvgIpc) is 2.15. The molecule has 0 rings (SSSR count). The summed E-state index contributed by atoms with van der Waals surface area (Å²) in [6.07, 6.45) is 1.51. The Bertz CT molecular complexity index is 324. The van der Waals surface area contributed by atoms with Crippen LogP contribution in [0.1, 0.15) is 27.2 Å². The Balaban J connectivity index is 4.75. The molecule has 96 valence electrons. The van der Waals surface area contributed by atoms with Crippen LogP contribution in [0, 0.1) is 0 Å². The van der Waals surface area contributed by atoms with Gasteiger partial charge in [-0.1, -0.05) is 0 Å². The van der Waals surface area contributed by atoms with Gasteiger partial charge in [0.2, 0.25) is 5.91 Å². The normalized spacial score (nSPS) is 13.9. The Kier molecular flexibility index (Phi) is 5.96. The van der Waals surface area contributed by atoms with E-state index in [1.807, 2.05) is 13.8 Å². The van der Waals surface area contributed by atoms with Gasteiger partial charge in [0.1, 0.15) is 5.25 Å². The van der Waals surface area contributed by atoms with Gasteiger partial charge in [-0.3, -0.25) is 4.79 Å². The van der Waals surface area contributed by atoms with E-state index in [1.54, 1.807) is 0 Å².